The fourth-order valence-electron chi connectivity index (χ4n) is 2.59. The Bertz CT molecular complexity index is 468. The van der Waals surface area contributed by atoms with Crippen molar-refractivity contribution in [3.8, 4) is 0 Å². The topological polar surface area (TPSA) is 44.8 Å². The monoisotopic (exact) mass is 319 g/mol. The van der Waals surface area contributed by atoms with Crippen LogP contribution in [0, 0.1) is 0 Å². The predicted molar refractivity (Wildman–Crippen MR) is 92.2 cm³/mol. The molecule has 128 valence electrons. The van der Waals surface area contributed by atoms with Crippen LogP contribution in [0.3, 0.4) is 0 Å². The summed E-state index contributed by atoms with van der Waals surface area (Å²) in [6.07, 6.45) is 0.576. The van der Waals surface area contributed by atoms with Gasteiger partial charge in [0.15, 0.2) is 0 Å². The first-order valence-electron chi connectivity index (χ1n) is 8.50. The SMILES string of the molecule is CCOCc1ccc(CNC(=O)CCN2CCN(C)CC2)cc1. The van der Waals surface area contributed by atoms with Crippen molar-refractivity contribution in [2.24, 2.45) is 0 Å². The highest BCUT2D eigenvalue weighted by molar-refractivity contribution is 5.76. The Labute approximate surface area is 139 Å². The minimum absolute atomic E-state index is 0.127. The lowest BCUT2D eigenvalue weighted by atomic mass is 10.1. The highest BCUT2D eigenvalue weighted by Gasteiger charge is 2.14. The summed E-state index contributed by atoms with van der Waals surface area (Å²) in [4.78, 5) is 16.7. The predicted octanol–water partition coefficient (Wildman–Crippen LogP) is 1.48. The molecule has 1 aliphatic rings. The highest BCUT2D eigenvalue weighted by Crippen LogP contribution is 2.06. The zero-order chi connectivity index (χ0) is 16.5. The average Bonchev–Trinajstić information content (AvgIpc) is 2.58. The molecule has 0 saturated carbocycles. The number of hydrogen-bond donors (Lipinski definition) is 1. The number of nitrogens with one attached hydrogen (secondary N) is 1. The van der Waals surface area contributed by atoms with Crippen molar-refractivity contribution in [2.45, 2.75) is 26.5 Å². The van der Waals surface area contributed by atoms with Gasteiger partial charge in [-0.25, -0.2) is 0 Å². The second kappa shape index (κ2) is 9.65. The van der Waals surface area contributed by atoms with Crippen LogP contribution < -0.4 is 5.32 Å². The molecule has 0 unspecified atom stereocenters. The van der Waals surface area contributed by atoms with Gasteiger partial charge >= 0.3 is 0 Å². The number of ether oxygens (including phenoxy) is 1. The van der Waals surface area contributed by atoms with Crippen molar-refractivity contribution < 1.29 is 9.53 Å². The molecule has 2 rings (SSSR count). The van der Waals surface area contributed by atoms with E-state index in [-0.39, 0.29) is 5.91 Å². The largest absolute Gasteiger partial charge is 0.377 e. The third-order valence-electron chi connectivity index (χ3n) is 4.24. The molecule has 0 bridgehead atoms. The number of likely N-dealkylation sites (N-methyl/N-ethyl adjacent to an activating group) is 1. The van der Waals surface area contributed by atoms with Crippen LogP contribution >= 0.6 is 0 Å². The Morgan fingerprint density at radius 1 is 1.13 bits per heavy atom. The van der Waals surface area contributed by atoms with Gasteiger partial charge in [-0.05, 0) is 25.1 Å². The molecular weight excluding hydrogens is 290 g/mol. The number of amides is 1. The number of benzene rings is 1. The van der Waals surface area contributed by atoms with Crippen LogP contribution in [0.15, 0.2) is 24.3 Å². The molecule has 0 radical (unpaired) electrons. The summed E-state index contributed by atoms with van der Waals surface area (Å²) >= 11 is 0. The van der Waals surface area contributed by atoms with Crippen LogP contribution in [0.25, 0.3) is 0 Å². The minimum Gasteiger partial charge on any atom is -0.377 e. The molecule has 1 aromatic carbocycles. The van der Waals surface area contributed by atoms with Crippen LogP contribution in [-0.4, -0.2) is 62.1 Å². The maximum Gasteiger partial charge on any atom is 0.221 e. The maximum absolute atomic E-state index is 12.0. The summed E-state index contributed by atoms with van der Waals surface area (Å²) in [7, 11) is 2.14. The zero-order valence-corrected chi connectivity index (χ0v) is 14.4. The number of rotatable bonds is 8. The van der Waals surface area contributed by atoms with E-state index in [0.29, 0.717) is 19.6 Å². The molecule has 0 aliphatic carbocycles. The van der Waals surface area contributed by atoms with Gasteiger partial charge in [-0.3, -0.25) is 4.79 Å². The Morgan fingerprint density at radius 3 is 2.43 bits per heavy atom. The normalized spacial score (nSPS) is 16.4. The third kappa shape index (κ3) is 6.69. The summed E-state index contributed by atoms with van der Waals surface area (Å²) in [6, 6.07) is 8.22. The standard InChI is InChI=1S/C18H29N3O2/c1-3-23-15-17-6-4-16(5-7-17)14-19-18(22)8-9-21-12-10-20(2)11-13-21/h4-7H,3,8-15H2,1-2H3,(H,19,22). The number of hydrogen-bond acceptors (Lipinski definition) is 4. The van der Waals surface area contributed by atoms with Crippen molar-refractivity contribution in [3.63, 3.8) is 0 Å². The molecule has 5 heteroatoms. The van der Waals surface area contributed by atoms with Gasteiger partial charge in [-0.2, -0.15) is 0 Å². The van der Waals surface area contributed by atoms with Crippen LogP contribution in [0.5, 0.6) is 0 Å². The van der Waals surface area contributed by atoms with E-state index in [9.17, 15) is 4.79 Å². The lowest BCUT2D eigenvalue weighted by molar-refractivity contribution is -0.121. The van der Waals surface area contributed by atoms with E-state index < -0.39 is 0 Å². The first kappa shape index (κ1) is 17.9. The fraction of sp³-hybridized carbons (Fsp3) is 0.611. The number of carbonyl (C=O) groups is 1. The molecule has 1 N–H and O–H groups in total. The van der Waals surface area contributed by atoms with Gasteiger partial charge in [0.25, 0.3) is 0 Å². The van der Waals surface area contributed by atoms with E-state index in [0.717, 1.165) is 50.5 Å². The fourth-order valence-corrected chi connectivity index (χ4v) is 2.59. The summed E-state index contributed by atoms with van der Waals surface area (Å²) < 4.78 is 5.38. The number of nitrogens with zero attached hydrogens (tertiary/aromatic N) is 2. The molecule has 1 amide bonds. The quantitative estimate of drug-likeness (QED) is 0.788. The lowest BCUT2D eigenvalue weighted by Gasteiger charge is -2.32. The molecule has 1 saturated heterocycles. The molecular formula is C18H29N3O2. The summed E-state index contributed by atoms with van der Waals surface area (Å²) in [5.41, 5.74) is 2.29. The first-order chi connectivity index (χ1) is 11.2. The van der Waals surface area contributed by atoms with Crippen LogP contribution in [-0.2, 0) is 22.7 Å². The van der Waals surface area contributed by atoms with Gasteiger partial charge in [0, 0.05) is 52.3 Å². The summed E-state index contributed by atoms with van der Waals surface area (Å²) in [5, 5.41) is 3.00. The van der Waals surface area contributed by atoms with Crippen LogP contribution in [0.4, 0.5) is 0 Å². The van der Waals surface area contributed by atoms with E-state index in [1.165, 1.54) is 0 Å². The average molecular weight is 319 g/mol. The van der Waals surface area contributed by atoms with E-state index in [1.54, 1.807) is 0 Å². The molecule has 1 aromatic rings. The smallest absolute Gasteiger partial charge is 0.221 e. The van der Waals surface area contributed by atoms with E-state index >= 15 is 0 Å². The van der Waals surface area contributed by atoms with E-state index in [1.807, 2.05) is 6.92 Å². The van der Waals surface area contributed by atoms with Gasteiger partial charge in [0.2, 0.25) is 5.91 Å². The number of piperazine rings is 1. The second-order valence-corrected chi connectivity index (χ2v) is 6.13. The van der Waals surface area contributed by atoms with Gasteiger partial charge in [0.1, 0.15) is 0 Å². The van der Waals surface area contributed by atoms with Gasteiger partial charge in [0.05, 0.1) is 6.61 Å². The molecule has 1 heterocycles. The van der Waals surface area contributed by atoms with Crippen molar-refractivity contribution in [2.75, 3.05) is 46.4 Å². The zero-order valence-electron chi connectivity index (χ0n) is 14.4. The Hall–Kier alpha value is -1.43. The van der Waals surface area contributed by atoms with E-state index in [2.05, 4.69) is 46.4 Å². The Balaban J connectivity index is 1.64. The molecule has 0 spiro atoms. The van der Waals surface area contributed by atoms with Crippen molar-refractivity contribution in [1.29, 1.82) is 0 Å². The molecule has 1 fully saturated rings. The summed E-state index contributed by atoms with van der Waals surface area (Å²) in [6.45, 7) is 9.12. The second-order valence-electron chi connectivity index (χ2n) is 6.13. The molecule has 0 aromatic heterocycles. The van der Waals surface area contributed by atoms with E-state index in [4.69, 9.17) is 4.74 Å². The molecule has 5 nitrogen and oxygen atoms in total. The van der Waals surface area contributed by atoms with Crippen molar-refractivity contribution in [1.82, 2.24) is 15.1 Å². The number of carbonyl (C=O) groups excluding carboxylic acids is 1. The molecule has 23 heavy (non-hydrogen) atoms. The van der Waals surface area contributed by atoms with Crippen molar-refractivity contribution in [3.05, 3.63) is 35.4 Å². The summed E-state index contributed by atoms with van der Waals surface area (Å²) in [5.74, 6) is 0.127. The van der Waals surface area contributed by atoms with Gasteiger partial charge < -0.3 is 19.9 Å². The third-order valence-corrected chi connectivity index (χ3v) is 4.24. The first-order valence-corrected chi connectivity index (χ1v) is 8.50. The van der Waals surface area contributed by atoms with Crippen LogP contribution in [0.2, 0.25) is 0 Å². The Kier molecular flexibility index (Phi) is 7.52. The van der Waals surface area contributed by atoms with Gasteiger partial charge in [-0.1, -0.05) is 24.3 Å². The molecule has 1 aliphatic heterocycles. The minimum atomic E-state index is 0.127. The maximum atomic E-state index is 12.0. The van der Waals surface area contributed by atoms with Crippen LogP contribution in [0.1, 0.15) is 24.5 Å². The molecule has 0 atom stereocenters. The Morgan fingerprint density at radius 2 is 1.78 bits per heavy atom. The highest BCUT2D eigenvalue weighted by atomic mass is 16.5. The lowest BCUT2D eigenvalue weighted by Crippen LogP contribution is -2.45. The van der Waals surface area contributed by atoms with Gasteiger partial charge in [-0.15, -0.1) is 0 Å². The van der Waals surface area contributed by atoms with Crippen molar-refractivity contribution >= 4 is 5.91 Å².